The van der Waals surface area contributed by atoms with E-state index >= 15 is 0 Å². The highest BCUT2D eigenvalue weighted by Gasteiger charge is 2.62. The lowest BCUT2D eigenvalue weighted by Gasteiger charge is -2.43. The van der Waals surface area contributed by atoms with Gasteiger partial charge in [-0.05, 0) is 151 Å². The molecule has 80 heavy (non-hydrogen) atoms. The van der Waals surface area contributed by atoms with Crippen LogP contribution < -0.4 is 0 Å². The van der Waals surface area contributed by atoms with E-state index in [1.54, 1.807) is 9.80 Å². The van der Waals surface area contributed by atoms with Crippen molar-refractivity contribution in [1.82, 2.24) is 9.80 Å². The van der Waals surface area contributed by atoms with Crippen molar-refractivity contribution in [1.29, 1.82) is 0 Å². The molecule has 4 bridgehead atoms. The van der Waals surface area contributed by atoms with Crippen LogP contribution in [-0.4, -0.2) is 46.5 Å². The molecule has 7 aliphatic rings. The predicted molar refractivity (Wildman–Crippen MR) is 332 cm³/mol. The Bertz CT molecular complexity index is 2450. The summed E-state index contributed by atoms with van der Waals surface area (Å²) in [6.07, 6.45) is 51.1. The Hall–Kier alpha value is -4.32. The van der Waals surface area contributed by atoms with Crippen LogP contribution in [0.3, 0.4) is 0 Å². The van der Waals surface area contributed by atoms with Gasteiger partial charge in [-0.25, -0.2) is 0 Å². The van der Waals surface area contributed by atoms with Gasteiger partial charge >= 0.3 is 0 Å². The summed E-state index contributed by atoms with van der Waals surface area (Å²) >= 11 is 0. The van der Waals surface area contributed by atoms with Gasteiger partial charge in [-0.2, -0.15) is 0 Å². The summed E-state index contributed by atoms with van der Waals surface area (Å²) in [5, 5.41) is 0. The highest BCUT2D eigenvalue weighted by atomic mass is 16.2. The van der Waals surface area contributed by atoms with E-state index in [1.807, 2.05) is 12.2 Å². The van der Waals surface area contributed by atoms with Crippen molar-refractivity contribution in [2.45, 2.75) is 226 Å². The molecule has 13 unspecified atom stereocenters. The summed E-state index contributed by atoms with van der Waals surface area (Å²) in [7, 11) is 0. The number of unbranched alkanes of at least 4 members (excludes halogenated alkanes) is 18. The van der Waals surface area contributed by atoms with Crippen LogP contribution in [0.25, 0.3) is 17.7 Å². The molecule has 5 aliphatic carbocycles. The fourth-order valence-corrected chi connectivity index (χ4v) is 17.6. The number of hydrogen-bond donors (Lipinski definition) is 0. The van der Waals surface area contributed by atoms with E-state index in [9.17, 15) is 19.2 Å². The van der Waals surface area contributed by atoms with Crippen LogP contribution in [0, 0.1) is 76.9 Å². The van der Waals surface area contributed by atoms with Crippen LogP contribution in [0.4, 0.5) is 0 Å². The number of allylic oxidation sites excluding steroid dienone is 4. The zero-order valence-corrected chi connectivity index (χ0v) is 50.4. The molecule has 9 rings (SSSR count). The van der Waals surface area contributed by atoms with Gasteiger partial charge in [0.05, 0.1) is 23.7 Å². The third-order valence-corrected chi connectivity index (χ3v) is 21.8. The number of likely N-dealkylation sites (tertiary alicyclic amines) is 2. The summed E-state index contributed by atoms with van der Waals surface area (Å²) < 4.78 is 0. The number of fused-ring (bicyclic) bond motifs is 10. The van der Waals surface area contributed by atoms with Gasteiger partial charge in [-0.15, -0.1) is 0 Å². The highest BCUT2D eigenvalue weighted by molar-refractivity contribution is 6.08. The van der Waals surface area contributed by atoms with Crippen LogP contribution in [-0.2, 0) is 32.0 Å². The monoisotopic (exact) mass is 1090 g/mol. The van der Waals surface area contributed by atoms with Crippen molar-refractivity contribution >= 4 is 41.4 Å². The Morgan fingerprint density at radius 2 is 1.01 bits per heavy atom. The standard InChI is InChI=1S/C74H106N2O4/c1-6-11-13-15-22-28-34-62-57(32-26-14-12-7-2)46-55(31-25-20-16-18-23-29-43-75-71(77)67-60-42-41-59(64(49-60)69(67)73(75)79)45-54-37-35-52(8-3)36-38-54)47-58(62)33-27-21-17-19-24-30-44-76-72(78)68-61-50-65(66(51-61)70(68)74(76)80)63-48-53(9-4)39-40-56(63)10-5/h8-9,35-42,48,50,55,57-62,64,66-70H,3-4,6-7,10-34,43-47,49,51H2,1-2,5H3. The molecule has 0 aromatic heterocycles. The molecule has 0 radical (unpaired) electrons. The average Bonchev–Trinajstić information content (AvgIpc) is 4.47. The Morgan fingerprint density at radius 3 is 1.61 bits per heavy atom. The maximum absolute atomic E-state index is 14.0. The van der Waals surface area contributed by atoms with Crippen molar-refractivity contribution in [2.75, 3.05) is 13.1 Å². The maximum Gasteiger partial charge on any atom is 0.233 e. The summed E-state index contributed by atoms with van der Waals surface area (Å²) in [6, 6.07) is 15.2. The number of rotatable bonds is 36. The molecule has 13 atom stereocenters. The summed E-state index contributed by atoms with van der Waals surface area (Å²) in [5.41, 5.74) is 7.40. The fraction of sp³-hybridized carbons (Fsp3) is 0.676. The summed E-state index contributed by atoms with van der Waals surface area (Å²) in [5.74, 6) is 4.45. The molecule has 2 aromatic carbocycles. The van der Waals surface area contributed by atoms with Crippen LogP contribution in [0.1, 0.15) is 241 Å². The van der Waals surface area contributed by atoms with Crippen molar-refractivity contribution in [3.8, 4) is 0 Å². The van der Waals surface area contributed by atoms with E-state index in [1.165, 1.54) is 176 Å². The van der Waals surface area contributed by atoms with E-state index in [0.29, 0.717) is 19.0 Å². The molecular weight excluding hydrogens is 981 g/mol. The molecule has 2 aromatic rings. The molecule has 6 nitrogen and oxygen atoms in total. The van der Waals surface area contributed by atoms with Crippen molar-refractivity contribution in [3.05, 3.63) is 102 Å². The second-order valence-corrected chi connectivity index (χ2v) is 26.9. The van der Waals surface area contributed by atoms with E-state index in [-0.39, 0.29) is 71.0 Å². The molecule has 2 aliphatic heterocycles. The Morgan fingerprint density at radius 1 is 0.500 bits per heavy atom. The topological polar surface area (TPSA) is 74.8 Å². The minimum atomic E-state index is -0.180. The van der Waals surface area contributed by atoms with Gasteiger partial charge in [0.2, 0.25) is 23.6 Å². The molecule has 436 valence electrons. The fourth-order valence-electron chi connectivity index (χ4n) is 17.6. The van der Waals surface area contributed by atoms with Crippen LogP contribution in [0.5, 0.6) is 0 Å². The van der Waals surface area contributed by atoms with Gasteiger partial charge in [0, 0.05) is 13.1 Å². The minimum absolute atomic E-state index is 0.0991. The van der Waals surface area contributed by atoms with E-state index in [2.05, 4.69) is 94.6 Å². The molecule has 5 fully saturated rings. The molecule has 4 amide bonds. The number of aryl methyl sites for hydroxylation is 1. The predicted octanol–water partition coefficient (Wildman–Crippen LogP) is 18.3. The van der Waals surface area contributed by atoms with Gasteiger partial charge in [0.1, 0.15) is 0 Å². The number of imide groups is 2. The molecule has 6 heteroatoms. The number of carbonyl (C=O) groups excluding carboxylic acids is 4. The quantitative estimate of drug-likeness (QED) is 0.0387. The molecule has 0 spiro atoms. The normalized spacial score (nSPS) is 29.3. The first kappa shape index (κ1) is 60.3. The van der Waals surface area contributed by atoms with E-state index in [0.717, 1.165) is 86.2 Å². The SMILES string of the molecule is C=Cc1ccc(CC2C=CC3CC2C2C(=O)N(CCCCCCCCC4CC(CCCCCC)C(CCCCCCCC)C(CCCCCCCCN5C(=O)C6C7C=C(c8cc(C=C)ccc8CC)C(C7)C6C5=O)C4)C(=O)C32)cc1. The third kappa shape index (κ3) is 14.2. The van der Waals surface area contributed by atoms with Crippen molar-refractivity contribution in [2.24, 2.45) is 76.9 Å². The number of benzene rings is 2. The van der Waals surface area contributed by atoms with E-state index < -0.39 is 0 Å². The van der Waals surface area contributed by atoms with Crippen LogP contribution in [0.15, 0.2) is 73.9 Å². The van der Waals surface area contributed by atoms with Gasteiger partial charge in [0.25, 0.3) is 0 Å². The van der Waals surface area contributed by atoms with Crippen molar-refractivity contribution in [3.63, 3.8) is 0 Å². The Labute approximate surface area is 485 Å². The van der Waals surface area contributed by atoms with Gasteiger partial charge in [-0.1, -0.05) is 248 Å². The van der Waals surface area contributed by atoms with Crippen molar-refractivity contribution < 1.29 is 19.2 Å². The zero-order valence-electron chi connectivity index (χ0n) is 50.4. The Kier molecular flexibility index (Phi) is 22.4. The first-order valence-electron chi connectivity index (χ1n) is 33.7. The molecule has 2 heterocycles. The smallest absolute Gasteiger partial charge is 0.233 e. The third-order valence-electron chi connectivity index (χ3n) is 21.8. The van der Waals surface area contributed by atoms with Crippen LogP contribution >= 0.6 is 0 Å². The highest BCUT2D eigenvalue weighted by Crippen LogP contribution is 2.59. The molecular formula is C74H106N2O4. The van der Waals surface area contributed by atoms with Gasteiger partial charge in [0.15, 0.2) is 0 Å². The molecule has 0 N–H and O–H groups in total. The number of hydrogen-bond acceptors (Lipinski definition) is 4. The summed E-state index contributed by atoms with van der Waals surface area (Å²) in [4.78, 5) is 58.9. The number of carbonyl (C=O) groups is 4. The second kappa shape index (κ2) is 29.8. The average molecular weight is 1090 g/mol. The number of amides is 4. The first-order chi connectivity index (χ1) is 39.2. The minimum Gasteiger partial charge on any atom is -0.282 e. The molecule has 3 saturated carbocycles. The van der Waals surface area contributed by atoms with E-state index in [4.69, 9.17) is 0 Å². The van der Waals surface area contributed by atoms with Crippen LogP contribution in [0.2, 0.25) is 0 Å². The molecule has 2 saturated heterocycles. The number of nitrogens with zero attached hydrogens (tertiary/aromatic N) is 2. The Balaban J connectivity index is 0.697. The van der Waals surface area contributed by atoms with Gasteiger partial charge in [-0.3, -0.25) is 29.0 Å². The second-order valence-electron chi connectivity index (χ2n) is 26.9. The lowest BCUT2D eigenvalue weighted by Crippen LogP contribution is -2.36. The lowest BCUT2D eigenvalue weighted by atomic mass is 9.62. The van der Waals surface area contributed by atoms with Gasteiger partial charge < -0.3 is 0 Å². The maximum atomic E-state index is 14.0. The zero-order chi connectivity index (χ0) is 56.0. The lowest BCUT2D eigenvalue weighted by molar-refractivity contribution is -0.142. The largest absolute Gasteiger partial charge is 0.282 e. The summed E-state index contributed by atoms with van der Waals surface area (Å²) in [6.45, 7) is 16.0. The first-order valence-corrected chi connectivity index (χ1v) is 33.7.